The highest BCUT2D eigenvalue weighted by atomic mass is 16.5. The Morgan fingerprint density at radius 2 is 1.35 bits per heavy atom. The van der Waals surface area contributed by atoms with Crippen LogP contribution in [-0.4, -0.2) is 63.9 Å². The monoisotopic (exact) mass is 681 g/mol. The topological polar surface area (TPSA) is 121 Å². The van der Waals surface area contributed by atoms with Gasteiger partial charge in [0.15, 0.2) is 5.75 Å². The van der Waals surface area contributed by atoms with Crippen molar-refractivity contribution in [2.45, 2.75) is 136 Å². The molecule has 0 radical (unpaired) electrons. The lowest BCUT2D eigenvalue weighted by Crippen LogP contribution is -2.49. The first-order valence-electron chi connectivity index (χ1n) is 18.8. The SMILES string of the molecule is CCCCCCCCCCCCCCCCCCOc1cn(Cc2ccccc2)c(CN2CCNCC2C)cc1=O.O=C(O)/C=C/C(=O)O. The maximum absolute atomic E-state index is 13.0. The number of piperazine rings is 1. The van der Waals surface area contributed by atoms with Crippen molar-refractivity contribution in [3.63, 3.8) is 0 Å². The Kier molecular flexibility index (Phi) is 22.5. The van der Waals surface area contributed by atoms with E-state index in [1.165, 1.54) is 102 Å². The first-order valence-corrected chi connectivity index (χ1v) is 18.8. The molecule has 1 fully saturated rings. The quantitative estimate of drug-likeness (QED) is 0.0752. The molecule has 1 aromatic heterocycles. The average Bonchev–Trinajstić information content (AvgIpc) is 3.08. The molecule has 274 valence electrons. The van der Waals surface area contributed by atoms with E-state index in [1.54, 1.807) is 6.07 Å². The highest BCUT2D eigenvalue weighted by Gasteiger charge is 2.20. The van der Waals surface area contributed by atoms with E-state index in [9.17, 15) is 14.4 Å². The molecule has 2 aromatic rings. The van der Waals surface area contributed by atoms with Crippen LogP contribution in [0.5, 0.6) is 5.75 Å². The van der Waals surface area contributed by atoms with Gasteiger partial charge in [0.25, 0.3) is 0 Å². The number of ether oxygens (including phenoxy) is 1. The number of rotatable bonds is 24. The van der Waals surface area contributed by atoms with E-state index >= 15 is 0 Å². The first kappa shape index (κ1) is 41.7. The number of benzene rings is 1. The fraction of sp³-hybridized carbons (Fsp3) is 0.625. The fourth-order valence-corrected chi connectivity index (χ4v) is 6.07. The lowest BCUT2D eigenvalue weighted by molar-refractivity contribution is -0.134. The van der Waals surface area contributed by atoms with Crippen LogP contribution in [0.4, 0.5) is 0 Å². The van der Waals surface area contributed by atoms with E-state index in [0.717, 1.165) is 44.8 Å². The summed E-state index contributed by atoms with van der Waals surface area (Å²) in [5.74, 6) is -2.03. The van der Waals surface area contributed by atoms with Crippen molar-refractivity contribution < 1.29 is 24.5 Å². The van der Waals surface area contributed by atoms with E-state index in [1.807, 2.05) is 12.3 Å². The average molecular weight is 682 g/mol. The summed E-state index contributed by atoms with van der Waals surface area (Å²) in [4.78, 5) is 34.6. The van der Waals surface area contributed by atoms with E-state index in [0.29, 0.717) is 30.6 Å². The lowest BCUT2D eigenvalue weighted by atomic mass is 10.0. The van der Waals surface area contributed by atoms with E-state index < -0.39 is 11.9 Å². The normalized spacial score (nSPS) is 14.8. The predicted octanol–water partition coefficient (Wildman–Crippen LogP) is 8.04. The van der Waals surface area contributed by atoms with Gasteiger partial charge in [0, 0.05) is 62.7 Å². The van der Waals surface area contributed by atoms with Crippen LogP contribution in [-0.2, 0) is 22.7 Å². The van der Waals surface area contributed by atoms with E-state index in [-0.39, 0.29) is 5.43 Å². The number of unbranched alkanes of at least 4 members (excludes halogenated alkanes) is 15. The van der Waals surface area contributed by atoms with Crippen molar-refractivity contribution in [2.24, 2.45) is 0 Å². The third-order valence-electron chi connectivity index (χ3n) is 9.01. The second-order valence-electron chi connectivity index (χ2n) is 13.3. The number of hydrogen-bond donors (Lipinski definition) is 3. The van der Waals surface area contributed by atoms with Crippen LogP contribution in [0.3, 0.4) is 0 Å². The number of nitrogens with one attached hydrogen (secondary N) is 1. The molecule has 1 aromatic carbocycles. The minimum Gasteiger partial charge on any atom is -0.488 e. The molecule has 0 spiro atoms. The van der Waals surface area contributed by atoms with Gasteiger partial charge in [-0.1, -0.05) is 134 Å². The minimum absolute atomic E-state index is 0.00333. The molecular weight excluding hydrogens is 618 g/mol. The molecule has 3 rings (SSSR count). The van der Waals surface area contributed by atoms with Gasteiger partial charge in [-0.2, -0.15) is 0 Å². The number of carboxylic acid groups (broad SMARTS) is 2. The molecule has 1 unspecified atom stereocenters. The highest BCUT2D eigenvalue weighted by molar-refractivity contribution is 5.89. The summed E-state index contributed by atoms with van der Waals surface area (Å²) in [6.45, 7) is 9.66. The highest BCUT2D eigenvalue weighted by Crippen LogP contribution is 2.17. The number of hydrogen-bond acceptors (Lipinski definition) is 6. The van der Waals surface area contributed by atoms with Gasteiger partial charge in [-0.05, 0) is 18.9 Å². The van der Waals surface area contributed by atoms with Gasteiger partial charge < -0.3 is 24.8 Å². The molecule has 0 aliphatic carbocycles. The molecule has 9 heteroatoms. The van der Waals surface area contributed by atoms with Gasteiger partial charge >= 0.3 is 11.9 Å². The van der Waals surface area contributed by atoms with Gasteiger partial charge in [0.1, 0.15) is 0 Å². The Balaban J connectivity index is 0.000000924. The Hall–Kier alpha value is -3.43. The standard InChI is InChI=1S/C36H59N3O2.C4H4O4/c1-3-4-5-6-7-8-9-10-11-12-13-14-15-16-17-21-26-41-36-31-39(29-33-22-19-18-20-23-33)34(27-35(36)40)30-38-25-24-37-28-32(38)2;5-3(6)1-2-4(7)8/h18-20,22-23,27,31-32,37H,3-17,21,24-26,28-30H2,1-2H3;1-2H,(H,5,6)(H,7,8)/b;2-1+. The third kappa shape index (κ3) is 20.0. The number of aromatic nitrogens is 1. The molecule has 1 saturated heterocycles. The molecule has 1 atom stereocenters. The largest absolute Gasteiger partial charge is 0.488 e. The zero-order valence-corrected chi connectivity index (χ0v) is 30.3. The summed E-state index contributed by atoms with van der Waals surface area (Å²) >= 11 is 0. The van der Waals surface area contributed by atoms with Gasteiger partial charge in [0.2, 0.25) is 5.43 Å². The second-order valence-corrected chi connectivity index (χ2v) is 13.3. The van der Waals surface area contributed by atoms with Crippen molar-refractivity contribution in [1.82, 2.24) is 14.8 Å². The van der Waals surface area contributed by atoms with E-state index in [4.69, 9.17) is 14.9 Å². The van der Waals surface area contributed by atoms with Crippen LogP contribution in [0.1, 0.15) is 128 Å². The summed E-state index contributed by atoms with van der Waals surface area (Å²) in [5, 5.41) is 19.1. The predicted molar refractivity (Wildman–Crippen MR) is 198 cm³/mol. The zero-order valence-electron chi connectivity index (χ0n) is 30.3. The fourth-order valence-electron chi connectivity index (χ4n) is 6.07. The molecular formula is C40H63N3O6. The van der Waals surface area contributed by atoms with Crippen molar-refractivity contribution in [1.29, 1.82) is 0 Å². The molecule has 0 amide bonds. The van der Waals surface area contributed by atoms with Crippen LogP contribution >= 0.6 is 0 Å². The summed E-state index contributed by atoms with van der Waals surface area (Å²) in [6, 6.07) is 12.7. The molecule has 49 heavy (non-hydrogen) atoms. The van der Waals surface area contributed by atoms with Crippen LogP contribution < -0.4 is 15.5 Å². The molecule has 1 aliphatic heterocycles. The van der Waals surface area contributed by atoms with Crippen molar-refractivity contribution in [2.75, 3.05) is 26.2 Å². The first-order chi connectivity index (χ1) is 23.8. The zero-order chi connectivity index (χ0) is 35.5. The van der Waals surface area contributed by atoms with Crippen molar-refractivity contribution >= 4 is 11.9 Å². The smallest absolute Gasteiger partial charge is 0.328 e. The lowest BCUT2D eigenvalue weighted by Gasteiger charge is -2.34. The van der Waals surface area contributed by atoms with Gasteiger partial charge in [-0.25, -0.2) is 9.59 Å². The summed E-state index contributed by atoms with van der Waals surface area (Å²) in [6.07, 6.45) is 24.7. The Morgan fingerprint density at radius 1 is 0.816 bits per heavy atom. The number of aliphatic carboxylic acids is 2. The third-order valence-corrected chi connectivity index (χ3v) is 9.01. The van der Waals surface area contributed by atoms with Gasteiger partial charge in [-0.15, -0.1) is 0 Å². The number of carboxylic acids is 2. The Bertz CT molecular complexity index is 1250. The Labute approximate surface area is 294 Å². The number of carbonyl (C=O) groups is 2. The van der Waals surface area contributed by atoms with E-state index in [2.05, 4.69) is 52.9 Å². The van der Waals surface area contributed by atoms with Crippen molar-refractivity contribution in [3.8, 4) is 5.75 Å². The molecule has 2 heterocycles. The second kappa shape index (κ2) is 26.4. The molecule has 0 bridgehead atoms. The summed E-state index contributed by atoms with van der Waals surface area (Å²) in [7, 11) is 0. The minimum atomic E-state index is -1.26. The maximum atomic E-state index is 13.0. The summed E-state index contributed by atoms with van der Waals surface area (Å²) in [5.41, 5.74) is 2.29. The van der Waals surface area contributed by atoms with Crippen LogP contribution in [0.2, 0.25) is 0 Å². The molecule has 1 aliphatic rings. The van der Waals surface area contributed by atoms with Crippen LogP contribution in [0, 0.1) is 0 Å². The van der Waals surface area contributed by atoms with Gasteiger partial charge in [0.05, 0.1) is 12.8 Å². The number of pyridine rings is 1. The van der Waals surface area contributed by atoms with Crippen molar-refractivity contribution in [3.05, 3.63) is 76.2 Å². The Morgan fingerprint density at radius 3 is 1.86 bits per heavy atom. The molecule has 9 nitrogen and oxygen atoms in total. The van der Waals surface area contributed by atoms with Crippen LogP contribution in [0.15, 0.2) is 59.5 Å². The molecule has 3 N–H and O–H groups in total. The summed E-state index contributed by atoms with van der Waals surface area (Å²) < 4.78 is 8.26. The number of nitrogens with zero attached hydrogens (tertiary/aromatic N) is 2. The molecule has 0 saturated carbocycles. The van der Waals surface area contributed by atoms with Gasteiger partial charge in [-0.3, -0.25) is 9.69 Å². The maximum Gasteiger partial charge on any atom is 0.328 e. The van der Waals surface area contributed by atoms with Crippen LogP contribution in [0.25, 0.3) is 0 Å².